The van der Waals surface area contributed by atoms with Gasteiger partial charge in [0.2, 0.25) is 5.69 Å². The Morgan fingerprint density at radius 2 is 2.08 bits per heavy atom. The van der Waals surface area contributed by atoms with Crippen molar-refractivity contribution >= 4 is 17.4 Å². The number of carbonyl (C=O) groups excluding carboxylic acids is 2. The van der Waals surface area contributed by atoms with Crippen molar-refractivity contribution in [3.63, 3.8) is 0 Å². The van der Waals surface area contributed by atoms with Gasteiger partial charge in [0.15, 0.2) is 5.78 Å². The second kappa shape index (κ2) is 8.08. The third-order valence-electron chi connectivity index (χ3n) is 2.99. The van der Waals surface area contributed by atoms with Gasteiger partial charge in [-0.05, 0) is 12.8 Å². The van der Waals surface area contributed by atoms with Crippen LogP contribution in [0.25, 0.3) is 0 Å². The molecule has 25 heavy (non-hydrogen) atoms. The lowest BCUT2D eigenvalue weighted by atomic mass is 9.98. The first-order valence-corrected chi connectivity index (χ1v) is 6.66. The molecular weight excluding hydrogens is 349 g/mol. The molecule has 0 saturated carbocycles. The Morgan fingerprint density at radius 1 is 1.44 bits per heavy atom. The molecule has 134 valence electrons. The Balaban J connectivity index is 3.64. The minimum Gasteiger partial charge on any atom is -0.294 e. The summed E-state index contributed by atoms with van der Waals surface area (Å²) in [6, 6.07) is 0. The summed E-state index contributed by atoms with van der Waals surface area (Å²) in [6.07, 6.45) is -3.59. The van der Waals surface area contributed by atoms with Crippen LogP contribution in [0.1, 0.15) is 45.7 Å². The molecule has 0 spiro atoms. The number of aromatic nitrogens is 1. The Hall–Kier alpha value is -3.18. The highest BCUT2D eigenvalue weighted by atomic mass is 19.4. The molecule has 1 amide bonds. The number of alkyl halides is 3. The van der Waals surface area contributed by atoms with Crippen molar-refractivity contribution in [2.45, 2.75) is 25.4 Å². The van der Waals surface area contributed by atoms with Crippen LogP contribution in [0.5, 0.6) is 0 Å². The second-order valence-electron chi connectivity index (χ2n) is 4.64. The number of allylic oxidation sites excluding steroid dienone is 1. The summed E-state index contributed by atoms with van der Waals surface area (Å²) in [7, 11) is 0. The largest absolute Gasteiger partial charge is 0.418 e. The van der Waals surface area contributed by atoms with Crippen LogP contribution < -0.4 is 5.43 Å². The highest BCUT2D eigenvalue weighted by molar-refractivity contribution is 6.06. The number of pyridine rings is 1. The summed E-state index contributed by atoms with van der Waals surface area (Å²) in [5.41, 5.74) is -4.19. The zero-order valence-corrected chi connectivity index (χ0v) is 12.5. The molecule has 1 rings (SSSR count). The zero-order valence-electron chi connectivity index (χ0n) is 12.5. The van der Waals surface area contributed by atoms with Crippen LogP contribution in [0, 0.1) is 15.0 Å². The predicted octanol–water partition coefficient (Wildman–Crippen LogP) is 2.96. The normalized spacial score (nSPS) is 10.8. The molecule has 0 aliphatic rings. The van der Waals surface area contributed by atoms with Gasteiger partial charge in [0.25, 0.3) is 5.91 Å². The van der Waals surface area contributed by atoms with Gasteiger partial charge < -0.3 is 0 Å². The number of nitrogens with one attached hydrogen (secondary N) is 1. The number of Topliss-reactive ketones (excluding diaryl/α,β-unsaturated/α-hetero) is 1. The molecule has 0 aliphatic heterocycles. The molecule has 1 N–H and O–H groups in total. The second-order valence-corrected chi connectivity index (χ2v) is 4.64. The van der Waals surface area contributed by atoms with E-state index < -0.39 is 51.7 Å². The molecule has 12 heteroatoms. The molecule has 0 bridgehead atoms. The number of nitro groups is 1. The molecule has 0 aliphatic carbocycles. The smallest absolute Gasteiger partial charge is 0.294 e. The Labute approximate surface area is 138 Å². The van der Waals surface area contributed by atoms with Gasteiger partial charge in [-0.3, -0.25) is 19.7 Å². The van der Waals surface area contributed by atoms with Crippen LogP contribution >= 0.6 is 0 Å². The summed E-state index contributed by atoms with van der Waals surface area (Å²) in [5.74, 6) is -2.69. The maximum absolute atomic E-state index is 13.1. The van der Waals surface area contributed by atoms with E-state index in [0.29, 0.717) is 6.42 Å². The number of nitroso groups, excluding NO2 is 1. The van der Waals surface area contributed by atoms with E-state index in [0.717, 1.165) is 0 Å². The van der Waals surface area contributed by atoms with Gasteiger partial charge in [0.1, 0.15) is 5.56 Å². The molecule has 0 unspecified atom stereocenters. The number of hydrogen-bond donors (Lipinski definition) is 1. The lowest BCUT2D eigenvalue weighted by molar-refractivity contribution is -0.385. The topological polar surface area (TPSA) is 132 Å². The molecule has 0 fully saturated rings. The van der Waals surface area contributed by atoms with Crippen LogP contribution in [0.15, 0.2) is 24.1 Å². The monoisotopic (exact) mass is 360 g/mol. The quantitative estimate of drug-likeness (QED) is 0.189. The molecule has 1 aromatic rings. The van der Waals surface area contributed by atoms with Crippen molar-refractivity contribution in [1.82, 2.24) is 10.4 Å². The molecule has 0 saturated heterocycles. The summed E-state index contributed by atoms with van der Waals surface area (Å²) in [6.45, 7) is 3.39. The highest BCUT2D eigenvalue weighted by Crippen LogP contribution is 2.37. The maximum atomic E-state index is 13.1. The van der Waals surface area contributed by atoms with Crippen molar-refractivity contribution in [3.05, 3.63) is 50.7 Å². The summed E-state index contributed by atoms with van der Waals surface area (Å²) in [5, 5.41) is 13.2. The number of ketones is 1. The minimum atomic E-state index is -5.11. The number of carbonyl (C=O) groups is 2. The van der Waals surface area contributed by atoms with Crippen LogP contribution in [0.2, 0.25) is 0 Å². The first-order chi connectivity index (χ1) is 11.6. The summed E-state index contributed by atoms with van der Waals surface area (Å²) >= 11 is 0. The van der Waals surface area contributed by atoms with Crippen molar-refractivity contribution in [3.8, 4) is 0 Å². The summed E-state index contributed by atoms with van der Waals surface area (Å²) < 4.78 is 39.4. The lowest BCUT2D eigenvalue weighted by Gasteiger charge is -2.13. The van der Waals surface area contributed by atoms with Crippen molar-refractivity contribution in [2.24, 2.45) is 5.29 Å². The van der Waals surface area contributed by atoms with E-state index in [1.807, 2.05) is 5.29 Å². The third kappa shape index (κ3) is 4.65. The summed E-state index contributed by atoms with van der Waals surface area (Å²) in [4.78, 5) is 46.8. The first kappa shape index (κ1) is 19.9. The average Bonchev–Trinajstić information content (AvgIpc) is 2.52. The number of amides is 1. The van der Waals surface area contributed by atoms with E-state index in [2.05, 4.69) is 11.6 Å². The predicted molar refractivity (Wildman–Crippen MR) is 77.5 cm³/mol. The van der Waals surface area contributed by atoms with Crippen molar-refractivity contribution in [1.29, 1.82) is 0 Å². The highest BCUT2D eigenvalue weighted by Gasteiger charge is 2.42. The van der Waals surface area contributed by atoms with Crippen molar-refractivity contribution < 1.29 is 27.7 Å². The molecule has 0 atom stereocenters. The van der Waals surface area contributed by atoms with E-state index in [1.54, 1.807) is 0 Å². The molecular formula is C13H11F3N4O5. The number of hydrogen-bond acceptors (Lipinski definition) is 7. The Kier molecular flexibility index (Phi) is 6.42. The van der Waals surface area contributed by atoms with Crippen molar-refractivity contribution in [2.75, 3.05) is 0 Å². The SMILES string of the molecule is C=CCCCC(=O)c1c(C(F)(F)F)cnc(C(=O)NN=O)c1[N+](=O)[O-]. The number of nitrogens with zero attached hydrogens (tertiary/aromatic N) is 3. The number of rotatable bonds is 8. The van der Waals surface area contributed by atoms with Crippen LogP contribution in [0.4, 0.5) is 18.9 Å². The Bertz CT molecular complexity index is 733. The minimum absolute atomic E-state index is 0.108. The first-order valence-electron chi connectivity index (χ1n) is 6.66. The van der Waals surface area contributed by atoms with E-state index in [9.17, 15) is 37.8 Å². The molecule has 1 heterocycles. The van der Waals surface area contributed by atoms with Gasteiger partial charge in [-0.15, -0.1) is 11.5 Å². The van der Waals surface area contributed by atoms with E-state index in [4.69, 9.17) is 0 Å². The Morgan fingerprint density at radius 3 is 2.56 bits per heavy atom. The number of halogens is 3. The molecule has 9 nitrogen and oxygen atoms in total. The zero-order chi connectivity index (χ0) is 19.2. The van der Waals surface area contributed by atoms with E-state index in [1.165, 1.54) is 11.5 Å². The number of unbranched alkanes of at least 4 members (excludes halogenated alkanes) is 1. The van der Waals surface area contributed by atoms with Crippen LogP contribution in [-0.4, -0.2) is 21.6 Å². The van der Waals surface area contributed by atoms with Crippen LogP contribution in [-0.2, 0) is 6.18 Å². The van der Waals surface area contributed by atoms with Gasteiger partial charge in [0, 0.05) is 12.6 Å². The average molecular weight is 360 g/mol. The standard InChI is InChI=1S/C13H11F3N4O5/c1-2-3-4-5-8(21)9-7(13(14,15)16)6-17-10(11(9)20(24)25)12(22)18-19-23/h2,6H,1,3-5H2,(H,18,22,23). The molecule has 0 radical (unpaired) electrons. The fourth-order valence-corrected chi connectivity index (χ4v) is 1.97. The van der Waals surface area contributed by atoms with Crippen LogP contribution in [0.3, 0.4) is 0 Å². The lowest BCUT2D eigenvalue weighted by Crippen LogP contribution is -2.24. The van der Waals surface area contributed by atoms with E-state index in [-0.39, 0.29) is 12.6 Å². The third-order valence-corrected chi connectivity index (χ3v) is 2.99. The van der Waals surface area contributed by atoms with Gasteiger partial charge in [-0.2, -0.15) is 13.2 Å². The van der Waals surface area contributed by atoms with Gasteiger partial charge in [-0.25, -0.2) is 10.4 Å². The molecule has 1 aromatic heterocycles. The maximum Gasteiger partial charge on any atom is 0.418 e. The fraction of sp³-hybridized carbons (Fsp3) is 0.308. The van der Waals surface area contributed by atoms with Gasteiger partial charge in [0.05, 0.1) is 15.8 Å². The fourth-order valence-electron chi connectivity index (χ4n) is 1.97. The molecule has 0 aromatic carbocycles. The van der Waals surface area contributed by atoms with Gasteiger partial charge in [-0.1, -0.05) is 6.08 Å². The van der Waals surface area contributed by atoms with E-state index >= 15 is 0 Å². The van der Waals surface area contributed by atoms with Gasteiger partial charge >= 0.3 is 11.9 Å².